The van der Waals surface area contributed by atoms with Crippen molar-refractivity contribution in [2.45, 2.75) is 234 Å². The van der Waals surface area contributed by atoms with E-state index in [1.807, 2.05) is 48.5 Å². The Morgan fingerprint density at radius 1 is 0.259 bits per heavy atom. The second-order valence-corrected chi connectivity index (χ2v) is 30.3. The van der Waals surface area contributed by atoms with Gasteiger partial charge in [-0.2, -0.15) is 0 Å². The van der Waals surface area contributed by atoms with Gasteiger partial charge in [0, 0.05) is 19.5 Å². The second-order valence-electron chi connectivity index (χ2n) is 30.3. The predicted octanol–water partition coefficient (Wildman–Crippen LogP) is 15.0. The summed E-state index contributed by atoms with van der Waals surface area (Å²) in [4.78, 5) is 43.9. The third-order valence-electron chi connectivity index (χ3n) is 14.4. The molecule has 466 valence electrons. The van der Waals surface area contributed by atoms with Crippen LogP contribution in [0.3, 0.4) is 0 Å². The number of carboxylic acid groups (broad SMARTS) is 4. The molecule has 4 unspecified atom stereocenters. The first-order valence-electron chi connectivity index (χ1n) is 28.4. The van der Waals surface area contributed by atoms with Gasteiger partial charge in [-0.1, -0.05) is 265 Å². The second kappa shape index (κ2) is 29.3. The molecule has 0 radical (unpaired) electrons. The monoisotopic (exact) mass is 1220 g/mol. The van der Waals surface area contributed by atoms with E-state index in [9.17, 15) is 39.6 Å². The number of carboxylic acids is 4. The molecule has 0 aliphatic heterocycles. The molecular weight excluding hydrogens is 1120 g/mol. The Morgan fingerprint density at radius 3 is 0.424 bits per heavy atom. The van der Waals surface area contributed by atoms with E-state index in [-0.39, 0.29) is 85.1 Å². The van der Waals surface area contributed by atoms with Gasteiger partial charge < -0.3 is 40.9 Å². The number of aliphatic hydroxyl groups excluding tert-OH is 4. The summed E-state index contributed by atoms with van der Waals surface area (Å²) in [5.74, 6) is -5.12. The minimum Gasteiger partial charge on any atom is -0.479 e. The third-order valence-corrected chi connectivity index (χ3v) is 14.4. The van der Waals surface area contributed by atoms with Crippen molar-refractivity contribution in [3.8, 4) is 0 Å². The van der Waals surface area contributed by atoms with Crippen LogP contribution in [0.15, 0.2) is 99.1 Å². The Balaban J connectivity index is 0.00000110. The van der Waals surface area contributed by atoms with Crippen LogP contribution in [0.5, 0.6) is 0 Å². The molecule has 4 aromatic rings. The normalized spacial score (nSPS) is 13.7. The van der Waals surface area contributed by atoms with Crippen LogP contribution in [0.2, 0.25) is 0 Å². The molecule has 0 saturated heterocycles. The van der Waals surface area contributed by atoms with Crippen LogP contribution < -0.4 is 0 Å². The van der Waals surface area contributed by atoms with Crippen LogP contribution in [0, 0.1) is 0 Å². The first kappa shape index (κ1) is 79.2. The Bertz CT molecular complexity index is 2520. The largest absolute Gasteiger partial charge is 0.479 e. The van der Waals surface area contributed by atoms with Crippen LogP contribution in [0.4, 0.5) is 0 Å². The third kappa shape index (κ3) is 23.8. The fourth-order valence-corrected chi connectivity index (χ4v) is 7.94. The predicted molar refractivity (Wildman–Crippen MR) is 346 cm³/mol. The molecule has 4 atom stereocenters. The number of rotatable bonds is 12. The van der Waals surface area contributed by atoms with Gasteiger partial charge in [-0.15, -0.1) is 0 Å². The molecule has 4 rings (SSSR count). The number of hydrogen-bond acceptors (Lipinski definition) is 8. The van der Waals surface area contributed by atoms with E-state index in [0.717, 1.165) is 44.5 Å². The van der Waals surface area contributed by atoms with Gasteiger partial charge in [-0.3, -0.25) is 0 Å². The van der Waals surface area contributed by atoms with E-state index in [2.05, 4.69) is 217 Å². The van der Waals surface area contributed by atoms with Gasteiger partial charge in [-0.25, -0.2) is 19.2 Å². The quantitative estimate of drug-likeness (QED) is 0.0620. The Hall–Kier alpha value is -5.82. The summed E-state index contributed by atoms with van der Waals surface area (Å²) in [6.07, 6.45) is -6.30. The average Bonchev–Trinajstić information content (AvgIpc) is 2.28. The fraction of sp³-hybridized carbons (Fsp3) is 0.500. The minimum atomic E-state index is -1.58. The molecule has 85 heavy (non-hydrogen) atoms. The van der Waals surface area contributed by atoms with E-state index in [1.54, 1.807) is 0 Å². The SMILES string of the molecule is C=C(c1cc(C(C)(C)C)cc(C(C)(C)C)c1)C(O)C(=O)O.C=C(c1cc(C(C)(C)C)cc(C(C)(C)C)c1)C(O)C(=O)O.C=C(c1cc(C(C)(C)C)cc(C(C)(C)C)c1)C(O)C(=O)O.C=C(c1cc(C(C)(C)C)cc(C(C)(C)C)c1)C(O)C(=O)O.[Zn]. The number of carbonyl (C=O) groups is 4. The van der Waals surface area contributed by atoms with Gasteiger partial charge in [0.2, 0.25) is 0 Å². The Morgan fingerprint density at radius 2 is 0.353 bits per heavy atom. The fourth-order valence-electron chi connectivity index (χ4n) is 7.94. The van der Waals surface area contributed by atoms with E-state index in [0.29, 0.717) is 22.3 Å². The Kier molecular flexibility index (Phi) is 27.3. The van der Waals surface area contributed by atoms with E-state index in [1.165, 1.54) is 0 Å². The molecule has 13 heteroatoms. The van der Waals surface area contributed by atoms with Crippen LogP contribution in [-0.2, 0) is 82.0 Å². The number of benzene rings is 4. The maximum atomic E-state index is 11.0. The van der Waals surface area contributed by atoms with Gasteiger partial charge in [0.25, 0.3) is 0 Å². The van der Waals surface area contributed by atoms with Crippen molar-refractivity contribution >= 4 is 46.2 Å². The number of hydrogen-bond donors (Lipinski definition) is 8. The molecule has 12 nitrogen and oxygen atoms in total. The molecule has 8 N–H and O–H groups in total. The summed E-state index contributed by atoms with van der Waals surface area (Å²) in [5, 5.41) is 74.8. The first-order valence-corrected chi connectivity index (χ1v) is 28.4. The van der Waals surface area contributed by atoms with Crippen molar-refractivity contribution in [2.75, 3.05) is 0 Å². The molecular formula is C72H104O12Zn. The number of aliphatic carboxylic acids is 4. The van der Waals surface area contributed by atoms with Crippen LogP contribution in [0.25, 0.3) is 22.3 Å². The standard InChI is InChI=1S/4C18H26O3.Zn/c4*1-11(15(19)16(20)21)12-8-13(17(2,3)4)10-14(9-12)18(5,6)7;/h4*8-10,15,19H,1H2,2-7H3,(H,20,21);. The zero-order valence-electron chi connectivity index (χ0n) is 56.0. The number of aliphatic hydroxyl groups is 4. The van der Waals surface area contributed by atoms with E-state index >= 15 is 0 Å². The van der Waals surface area contributed by atoms with E-state index in [4.69, 9.17) is 20.4 Å². The zero-order valence-corrected chi connectivity index (χ0v) is 59.0. The van der Waals surface area contributed by atoms with Crippen molar-refractivity contribution in [1.82, 2.24) is 0 Å². The topological polar surface area (TPSA) is 230 Å². The first-order chi connectivity index (χ1) is 37.3. The smallest absolute Gasteiger partial charge is 0.337 e. The zero-order chi connectivity index (χ0) is 66.3. The van der Waals surface area contributed by atoms with Crippen molar-refractivity contribution in [2.24, 2.45) is 0 Å². The molecule has 0 fully saturated rings. The van der Waals surface area contributed by atoms with Crippen LogP contribution in [-0.4, -0.2) is 89.1 Å². The van der Waals surface area contributed by atoms with Crippen LogP contribution in [0.1, 0.15) is 233 Å². The maximum Gasteiger partial charge on any atom is 0.337 e. The molecule has 0 saturated carbocycles. The van der Waals surface area contributed by atoms with Crippen molar-refractivity contribution < 1.29 is 79.5 Å². The van der Waals surface area contributed by atoms with Gasteiger partial charge in [0.1, 0.15) is 0 Å². The molecule has 0 aromatic heterocycles. The summed E-state index contributed by atoms with van der Waals surface area (Å²) < 4.78 is 0. The van der Waals surface area contributed by atoms with Gasteiger partial charge in [0.15, 0.2) is 24.4 Å². The van der Waals surface area contributed by atoms with Crippen LogP contribution >= 0.6 is 0 Å². The summed E-state index contributed by atoms with van der Waals surface area (Å²) >= 11 is 0. The average molecular weight is 1230 g/mol. The minimum absolute atomic E-state index is 0. The van der Waals surface area contributed by atoms with Crippen molar-refractivity contribution in [3.05, 3.63) is 166 Å². The summed E-state index contributed by atoms with van der Waals surface area (Å²) in [7, 11) is 0. The molecule has 0 heterocycles. The van der Waals surface area contributed by atoms with Gasteiger partial charge in [-0.05, 0) is 132 Å². The maximum absolute atomic E-state index is 11.0. The van der Waals surface area contributed by atoms with Gasteiger partial charge >= 0.3 is 23.9 Å². The molecule has 0 amide bonds. The van der Waals surface area contributed by atoms with Crippen molar-refractivity contribution in [3.63, 3.8) is 0 Å². The summed E-state index contributed by atoms with van der Waals surface area (Å²) in [6.45, 7) is 65.6. The molecule has 0 aliphatic carbocycles. The van der Waals surface area contributed by atoms with Crippen molar-refractivity contribution in [1.29, 1.82) is 0 Å². The van der Waals surface area contributed by atoms with E-state index < -0.39 is 48.3 Å². The summed E-state index contributed by atoms with van der Waals surface area (Å²) in [6, 6.07) is 23.9. The molecule has 0 aliphatic rings. The molecule has 0 spiro atoms. The van der Waals surface area contributed by atoms with Gasteiger partial charge in [0.05, 0.1) is 0 Å². The Labute approximate surface area is 522 Å². The molecule has 4 aromatic carbocycles. The molecule has 0 bridgehead atoms. The summed E-state index contributed by atoms with van der Waals surface area (Å²) in [5.41, 5.74) is 11.9.